The van der Waals surface area contributed by atoms with Crippen molar-refractivity contribution >= 4 is 11.5 Å². The van der Waals surface area contributed by atoms with Crippen molar-refractivity contribution in [2.75, 3.05) is 31.1 Å². The SMILES string of the molecule is CCC(CC)C(=O)Cc1ccc(N2CCN(C(c3ccccc3)c3ccccc3C)CC2)c(C#N)c1. The molecule has 186 valence electrons. The topological polar surface area (TPSA) is 47.3 Å². The Morgan fingerprint density at radius 3 is 2.22 bits per heavy atom. The molecule has 1 fully saturated rings. The Morgan fingerprint density at radius 1 is 0.917 bits per heavy atom. The van der Waals surface area contributed by atoms with Gasteiger partial charge in [-0.3, -0.25) is 9.69 Å². The van der Waals surface area contributed by atoms with Gasteiger partial charge in [0.05, 0.1) is 17.3 Å². The number of benzene rings is 3. The molecule has 1 saturated heterocycles. The molecule has 0 aromatic heterocycles. The maximum Gasteiger partial charge on any atom is 0.140 e. The number of ketones is 1. The van der Waals surface area contributed by atoms with E-state index in [1.807, 2.05) is 18.2 Å². The summed E-state index contributed by atoms with van der Waals surface area (Å²) in [5.74, 6) is 0.377. The molecule has 1 atom stereocenters. The molecule has 1 unspecified atom stereocenters. The molecule has 4 rings (SSSR count). The normalized spacial score (nSPS) is 15.0. The van der Waals surface area contributed by atoms with E-state index < -0.39 is 0 Å². The molecule has 3 aromatic rings. The Bertz CT molecular complexity index is 1200. The highest BCUT2D eigenvalue weighted by Gasteiger charge is 2.28. The third-order valence-electron chi connectivity index (χ3n) is 7.62. The summed E-state index contributed by atoms with van der Waals surface area (Å²) in [6.45, 7) is 9.86. The number of nitrogens with zero attached hydrogens (tertiary/aromatic N) is 3. The summed E-state index contributed by atoms with van der Waals surface area (Å²) in [4.78, 5) is 17.5. The van der Waals surface area contributed by atoms with Crippen LogP contribution < -0.4 is 4.90 Å². The number of carbonyl (C=O) groups excluding carboxylic acids is 1. The summed E-state index contributed by atoms with van der Waals surface area (Å²) in [6, 6.07) is 28.0. The van der Waals surface area contributed by atoms with Crippen LogP contribution in [-0.2, 0) is 11.2 Å². The number of rotatable bonds is 9. The predicted octanol–water partition coefficient (Wildman–Crippen LogP) is 6.33. The molecule has 0 saturated carbocycles. The van der Waals surface area contributed by atoms with E-state index in [4.69, 9.17) is 0 Å². The van der Waals surface area contributed by atoms with E-state index in [1.165, 1.54) is 16.7 Å². The predicted molar refractivity (Wildman–Crippen MR) is 147 cm³/mol. The fraction of sp³-hybridized carbons (Fsp3) is 0.375. The lowest BCUT2D eigenvalue weighted by Gasteiger charge is -2.41. The molecule has 0 aliphatic carbocycles. The van der Waals surface area contributed by atoms with Crippen molar-refractivity contribution in [3.05, 3.63) is 101 Å². The second-order valence-electron chi connectivity index (χ2n) is 9.81. The van der Waals surface area contributed by atoms with Crippen LogP contribution in [-0.4, -0.2) is 36.9 Å². The molecule has 0 spiro atoms. The fourth-order valence-electron chi connectivity index (χ4n) is 5.49. The van der Waals surface area contributed by atoms with Crippen LogP contribution in [0.1, 0.15) is 60.5 Å². The third-order valence-corrected chi connectivity index (χ3v) is 7.62. The number of piperazine rings is 1. The Hall–Kier alpha value is -3.42. The quantitative estimate of drug-likeness (QED) is 0.360. The molecule has 36 heavy (non-hydrogen) atoms. The lowest BCUT2D eigenvalue weighted by Crippen LogP contribution is -2.48. The summed E-state index contributed by atoms with van der Waals surface area (Å²) in [7, 11) is 0. The molecule has 1 aliphatic rings. The lowest BCUT2D eigenvalue weighted by atomic mass is 9.92. The lowest BCUT2D eigenvalue weighted by molar-refractivity contribution is -0.122. The molecular weight excluding hydrogens is 442 g/mol. The van der Waals surface area contributed by atoms with Crippen LogP contribution in [0.2, 0.25) is 0 Å². The third kappa shape index (κ3) is 5.69. The molecule has 0 radical (unpaired) electrons. The maximum atomic E-state index is 12.6. The first-order chi connectivity index (χ1) is 17.5. The van der Waals surface area contributed by atoms with Gasteiger partial charge < -0.3 is 4.90 Å². The molecule has 0 amide bonds. The zero-order valence-electron chi connectivity index (χ0n) is 21.8. The minimum absolute atomic E-state index is 0.106. The standard InChI is InChI=1S/C32H37N3O/c1-4-26(5-2)31(36)22-25-15-16-30(28(21-25)23-33)34-17-19-35(20-18-34)32(27-12-7-6-8-13-27)29-14-10-9-11-24(29)3/h6-16,21,26,32H,4-5,17-20,22H2,1-3H3. The first-order valence-electron chi connectivity index (χ1n) is 13.2. The molecule has 1 aliphatic heterocycles. The van der Waals surface area contributed by atoms with Crippen molar-refractivity contribution in [2.45, 2.75) is 46.1 Å². The van der Waals surface area contributed by atoms with Crippen molar-refractivity contribution in [1.82, 2.24) is 4.90 Å². The van der Waals surface area contributed by atoms with E-state index in [-0.39, 0.29) is 17.7 Å². The molecule has 4 heteroatoms. The van der Waals surface area contributed by atoms with Crippen molar-refractivity contribution in [3.63, 3.8) is 0 Å². The van der Waals surface area contributed by atoms with Crippen LogP contribution >= 0.6 is 0 Å². The van der Waals surface area contributed by atoms with E-state index in [9.17, 15) is 10.1 Å². The summed E-state index contributed by atoms with van der Waals surface area (Å²) < 4.78 is 0. The van der Waals surface area contributed by atoms with Crippen molar-refractivity contribution in [1.29, 1.82) is 5.26 Å². The van der Waals surface area contributed by atoms with Gasteiger partial charge in [0, 0.05) is 38.5 Å². The Labute approximate surface area is 216 Å². The molecule has 0 N–H and O–H groups in total. The van der Waals surface area contributed by atoms with Gasteiger partial charge >= 0.3 is 0 Å². The van der Waals surface area contributed by atoms with Crippen LogP contribution in [0.5, 0.6) is 0 Å². The number of anilines is 1. The Balaban J connectivity index is 1.51. The number of carbonyl (C=O) groups is 1. The van der Waals surface area contributed by atoms with Crippen LogP contribution in [0.3, 0.4) is 0 Å². The van der Waals surface area contributed by atoms with Gasteiger partial charge in [-0.05, 0) is 54.2 Å². The Kier molecular flexibility index (Phi) is 8.57. The van der Waals surface area contributed by atoms with Crippen LogP contribution in [0.25, 0.3) is 0 Å². The van der Waals surface area contributed by atoms with E-state index in [1.54, 1.807) is 0 Å². The second-order valence-corrected chi connectivity index (χ2v) is 9.81. The summed E-state index contributed by atoms with van der Waals surface area (Å²) >= 11 is 0. The minimum Gasteiger partial charge on any atom is -0.368 e. The average molecular weight is 480 g/mol. The van der Waals surface area contributed by atoms with E-state index in [0.717, 1.165) is 50.3 Å². The van der Waals surface area contributed by atoms with Crippen LogP contribution in [0.4, 0.5) is 5.69 Å². The second kappa shape index (κ2) is 12.0. The van der Waals surface area contributed by atoms with Gasteiger partial charge in [0.15, 0.2) is 0 Å². The van der Waals surface area contributed by atoms with Gasteiger partial charge in [0.25, 0.3) is 0 Å². The van der Waals surface area contributed by atoms with Crippen molar-refractivity contribution in [3.8, 4) is 6.07 Å². The largest absolute Gasteiger partial charge is 0.368 e. The van der Waals surface area contributed by atoms with Gasteiger partial charge in [0.2, 0.25) is 0 Å². The van der Waals surface area contributed by atoms with Crippen LogP contribution in [0, 0.1) is 24.2 Å². The summed E-state index contributed by atoms with van der Waals surface area (Å²) in [5.41, 5.74) is 6.54. The van der Waals surface area contributed by atoms with Crippen LogP contribution in [0.15, 0.2) is 72.8 Å². The first-order valence-corrected chi connectivity index (χ1v) is 13.2. The van der Waals surface area contributed by atoms with E-state index in [0.29, 0.717) is 12.0 Å². The highest BCUT2D eigenvalue weighted by Crippen LogP contribution is 2.33. The highest BCUT2D eigenvalue weighted by atomic mass is 16.1. The molecular formula is C32H37N3O. The van der Waals surface area contributed by atoms with Gasteiger partial charge in [-0.15, -0.1) is 0 Å². The zero-order valence-corrected chi connectivity index (χ0v) is 21.8. The maximum absolute atomic E-state index is 12.6. The van der Waals surface area contributed by atoms with E-state index >= 15 is 0 Å². The van der Waals surface area contributed by atoms with Gasteiger partial charge in [-0.1, -0.05) is 74.5 Å². The monoisotopic (exact) mass is 479 g/mol. The number of Topliss-reactive ketones (excluding diaryl/α,β-unsaturated/α-hetero) is 1. The van der Waals surface area contributed by atoms with Gasteiger partial charge in [-0.2, -0.15) is 5.26 Å². The zero-order chi connectivity index (χ0) is 25.5. The molecule has 3 aromatic carbocycles. The van der Waals surface area contributed by atoms with Crippen molar-refractivity contribution < 1.29 is 4.79 Å². The molecule has 1 heterocycles. The highest BCUT2D eigenvalue weighted by molar-refractivity contribution is 5.83. The smallest absolute Gasteiger partial charge is 0.140 e. The molecule has 0 bridgehead atoms. The minimum atomic E-state index is 0.106. The fourth-order valence-corrected chi connectivity index (χ4v) is 5.49. The summed E-state index contributed by atoms with van der Waals surface area (Å²) in [6.07, 6.45) is 2.15. The van der Waals surface area contributed by atoms with Gasteiger partial charge in [0.1, 0.15) is 11.9 Å². The molecule has 4 nitrogen and oxygen atoms in total. The van der Waals surface area contributed by atoms with Crippen molar-refractivity contribution in [2.24, 2.45) is 5.92 Å². The number of hydrogen-bond acceptors (Lipinski definition) is 4. The number of nitriles is 1. The summed E-state index contributed by atoms with van der Waals surface area (Å²) in [5, 5.41) is 9.91. The van der Waals surface area contributed by atoms with Gasteiger partial charge in [-0.25, -0.2) is 0 Å². The van der Waals surface area contributed by atoms with E-state index in [2.05, 4.69) is 91.2 Å². The average Bonchev–Trinajstić information content (AvgIpc) is 2.91. The number of hydrogen-bond donors (Lipinski definition) is 0. The Morgan fingerprint density at radius 2 is 1.58 bits per heavy atom. The first kappa shape index (κ1) is 25.7. The number of aryl methyl sites for hydroxylation is 1.